The smallest absolute Gasteiger partial charge is 0.326 e. The fourth-order valence-electron chi connectivity index (χ4n) is 1.62. The molecule has 0 spiro atoms. The molecule has 0 aliphatic carbocycles. The van der Waals surface area contributed by atoms with Crippen LogP contribution >= 0.6 is 11.6 Å². The summed E-state index contributed by atoms with van der Waals surface area (Å²) in [4.78, 5) is 22.6. The van der Waals surface area contributed by atoms with Gasteiger partial charge >= 0.3 is 5.97 Å². The van der Waals surface area contributed by atoms with Gasteiger partial charge in [-0.15, -0.1) is 0 Å². The molecular weight excluding hydrogens is 254 g/mol. The van der Waals surface area contributed by atoms with E-state index in [2.05, 4.69) is 5.32 Å². The molecule has 1 aromatic rings. The Bertz CT molecular complexity index is 434. The Kier molecular flexibility index (Phi) is 5.65. The van der Waals surface area contributed by atoms with Gasteiger partial charge < -0.3 is 10.4 Å². The van der Waals surface area contributed by atoms with Crippen LogP contribution < -0.4 is 5.32 Å². The molecule has 2 N–H and O–H groups in total. The minimum Gasteiger partial charge on any atom is -0.480 e. The summed E-state index contributed by atoms with van der Waals surface area (Å²) in [5, 5.41) is 12.0. The third kappa shape index (κ3) is 4.75. The molecule has 1 aromatic carbocycles. The van der Waals surface area contributed by atoms with E-state index >= 15 is 0 Å². The summed E-state index contributed by atoms with van der Waals surface area (Å²) in [6.07, 6.45) is 1.26. The maximum atomic E-state index is 11.7. The van der Waals surface area contributed by atoms with E-state index < -0.39 is 12.0 Å². The molecule has 0 heterocycles. The fourth-order valence-corrected chi connectivity index (χ4v) is 1.84. The van der Waals surface area contributed by atoms with Crippen molar-refractivity contribution in [2.24, 2.45) is 0 Å². The largest absolute Gasteiger partial charge is 0.480 e. The van der Waals surface area contributed by atoms with Crippen LogP contribution in [0, 0.1) is 0 Å². The van der Waals surface area contributed by atoms with Crippen LogP contribution in [-0.2, 0) is 16.0 Å². The van der Waals surface area contributed by atoms with Gasteiger partial charge in [0, 0.05) is 5.02 Å². The molecule has 0 fully saturated rings. The van der Waals surface area contributed by atoms with Crippen LogP contribution in [0.3, 0.4) is 0 Å². The number of carbonyl (C=O) groups is 2. The summed E-state index contributed by atoms with van der Waals surface area (Å²) in [6.45, 7) is 1.87. The zero-order valence-corrected chi connectivity index (χ0v) is 10.9. The molecule has 98 valence electrons. The van der Waals surface area contributed by atoms with Gasteiger partial charge in [0.05, 0.1) is 6.42 Å². The third-order valence-electron chi connectivity index (χ3n) is 2.46. The highest BCUT2D eigenvalue weighted by Gasteiger charge is 2.18. The molecule has 0 radical (unpaired) electrons. The van der Waals surface area contributed by atoms with Gasteiger partial charge in [-0.25, -0.2) is 4.79 Å². The normalized spacial score (nSPS) is 11.9. The Morgan fingerprint density at radius 1 is 1.44 bits per heavy atom. The average Bonchev–Trinajstić information content (AvgIpc) is 2.28. The number of aliphatic carboxylic acids is 1. The molecule has 0 aliphatic heterocycles. The number of hydrogen-bond donors (Lipinski definition) is 2. The second kappa shape index (κ2) is 7.01. The van der Waals surface area contributed by atoms with Gasteiger partial charge in [0.15, 0.2) is 0 Å². The summed E-state index contributed by atoms with van der Waals surface area (Å²) < 4.78 is 0. The molecule has 1 rings (SSSR count). The Hall–Kier alpha value is -1.55. The molecule has 1 amide bonds. The zero-order valence-electron chi connectivity index (χ0n) is 10.1. The van der Waals surface area contributed by atoms with Gasteiger partial charge in [-0.05, 0) is 24.1 Å². The van der Waals surface area contributed by atoms with Gasteiger partial charge in [0.2, 0.25) is 5.91 Å². The number of carboxylic acid groups (broad SMARTS) is 1. The van der Waals surface area contributed by atoms with Crippen LogP contribution in [0.1, 0.15) is 25.3 Å². The Morgan fingerprint density at radius 2 is 2.17 bits per heavy atom. The summed E-state index contributed by atoms with van der Waals surface area (Å²) in [5.74, 6) is -1.31. The standard InChI is InChI=1S/C13H16ClNO3/c1-2-4-11(13(17)18)15-12(16)8-9-5-3-6-10(14)7-9/h3,5-7,11H,2,4,8H2,1H3,(H,15,16)(H,17,18). The minimum absolute atomic E-state index is 0.133. The first-order chi connectivity index (χ1) is 8.52. The van der Waals surface area contributed by atoms with Gasteiger partial charge in [-0.2, -0.15) is 0 Å². The number of halogens is 1. The molecular formula is C13H16ClNO3. The van der Waals surface area contributed by atoms with Crippen LogP contribution in [0.2, 0.25) is 5.02 Å². The Morgan fingerprint density at radius 3 is 2.72 bits per heavy atom. The first-order valence-electron chi connectivity index (χ1n) is 5.79. The molecule has 4 nitrogen and oxygen atoms in total. The van der Waals surface area contributed by atoms with E-state index in [1.54, 1.807) is 24.3 Å². The van der Waals surface area contributed by atoms with Crippen LogP contribution in [0.25, 0.3) is 0 Å². The molecule has 0 saturated carbocycles. The molecule has 1 unspecified atom stereocenters. The third-order valence-corrected chi connectivity index (χ3v) is 2.70. The summed E-state index contributed by atoms with van der Waals surface area (Å²) in [7, 11) is 0. The lowest BCUT2D eigenvalue weighted by atomic mass is 10.1. The second-order valence-electron chi connectivity index (χ2n) is 4.05. The molecule has 5 heteroatoms. The molecule has 0 aliphatic rings. The number of carboxylic acids is 1. The van der Waals surface area contributed by atoms with Gasteiger partial charge in [0.25, 0.3) is 0 Å². The van der Waals surface area contributed by atoms with Crippen molar-refractivity contribution in [1.29, 1.82) is 0 Å². The van der Waals surface area contributed by atoms with E-state index in [-0.39, 0.29) is 12.3 Å². The molecule has 1 atom stereocenters. The first-order valence-corrected chi connectivity index (χ1v) is 6.17. The quantitative estimate of drug-likeness (QED) is 0.832. The summed E-state index contributed by atoms with van der Waals surface area (Å²) in [6, 6.07) is 6.13. The maximum absolute atomic E-state index is 11.7. The van der Waals surface area contributed by atoms with E-state index in [0.29, 0.717) is 17.9 Å². The Labute approximate surface area is 111 Å². The SMILES string of the molecule is CCCC(NC(=O)Cc1cccc(Cl)c1)C(=O)O. The first kappa shape index (κ1) is 14.5. The minimum atomic E-state index is -1.00. The summed E-state index contributed by atoms with van der Waals surface area (Å²) in [5.41, 5.74) is 0.764. The number of hydrogen-bond acceptors (Lipinski definition) is 2. The monoisotopic (exact) mass is 269 g/mol. The van der Waals surface area contributed by atoms with Crippen LogP contribution in [0.15, 0.2) is 24.3 Å². The van der Waals surface area contributed by atoms with Crippen LogP contribution in [0.4, 0.5) is 0 Å². The van der Waals surface area contributed by atoms with Crippen molar-refractivity contribution < 1.29 is 14.7 Å². The topological polar surface area (TPSA) is 66.4 Å². The van der Waals surface area contributed by atoms with Gasteiger partial charge in [-0.1, -0.05) is 37.1 Å². The van der Waals surface area contributed by atoms with Gasteiger partial charge in [0.1, 0.15) is 6.04 Å². The van der Waals surface area contributed by atoms with Crippen molar-refractivity contribution in [3.05, 3.63) is 34.9 Å². The average molecular weight is 270 g/mol. The van der Waals surface area contributed by atoms with E-state index in [0.717, 1.165) is 5.56 Å². The lowest BCUT2D eigenvalue weighted by molar-refractivity contribution is -0.141. The second-order valence-corrected chi connectivity index (χ2v) is 4.49. The van der Waals surface area contributed by atoms with Crippen molar-refractivity contribution in [1.82, 2.24) is 5.32 Å². The molecule has 0 aromatic heterocycles. The van der Waals surface area contributed by atoms with E-state index in [4.69, 9.17) is 16.7 Å². The van der Waals surface area contributed by atoms with E-state index in [9.17, 15) is 9.59 Å². The highest BCUT2D eigenvalue weighted by atomic mass is 35.5. The lowest BCUT2D eigenvalue weighted by Gasteiger charge is -2.13. The van der Waals surface area contributed by atoms with E-state index in [1.807, 2.05) is 6.92 Å². The predicted octanol–water partition coefficient (Wildman–Crippen LogP) is 2.25. The van der Waals surface area contributed by atoms with Crippen molar-refractivity contribution in [3.8, 4) is 0 Å². The van der Waals surface area contributed by atoms with Crippen LogP contribution in [-0.4, -0.2) is 23.0 Å². The Balaban J connectivity index is 2.57. The molecule has 0 saturated heterocycles. The number of nitrogens with one attached hydrogen (secondary N) is 1. The van der Waals surface area contributed by atoms with Crippen molar-refractivity contribution in [2.75, 3.05) is 0 Å². The predicted molar refractivity (Wildman–Crippen MR) is 69.6 cm³/mol. The number of amides is 1. The molecule has 0 bridgehead atoms. The lowest BCUT2D eigenvalue weighted by Crippen LogP contribution is -2.41. The summed E-state index contributed by atoms with van der Waals surface area (Å²) >= 11 is 5.81. The van der Waals surface area contributed by atoms with Gasteiger partial charge in [-0.3, -0.25) is 4.79 Å². The molecule has 18 heavy (non-hydrogen) atoms. The van der Waals surface area contributed by atoms with Crippen molar-refractivity contribution in [2.45, 2.75) is 32.2 Å². The van der Waals surface area contributed by atoms with E-state index in [1.165, 1.54) is 0 Å². The highest BCUT2D eigenvalue weighted by molar-refractivity contribution is 6.30. The highest BCUT2D eigenvalue weighted by Crippen LogP contribution is 2.11. The van der Waals surface area contributed by atoms with Crippen molar-refractivity contribution >= 4 is 23.5 Å². The number of rotatable bonds is 6. The number of benzene rings is 1. The zero-order chi connectivity index (χ0) is 13.5. The van der Waals surface area contributed by atoms with Crippen molar-refractivity contribution in [3.63, 3.8) is 0 Å². The fraction of sp³-hybridized carbons (Fsp3) is 0.385. The number of carbonyl (C=O) groups excluding carboxylic acids is 1. The maximum Gasteiger partial charge on any atom is 0.326 e. The van der Waals surface area contributed by atoms with Crippen LogP contribution in [0.5, 0.6) is 0 Å².